The molecule has 2 fully saturated rings. The van der Waals surface area contributed by atoms with E-state index in [-0.39, 0.29) is 18.0 Å². The van der Waals surface area contributed by atoms with E-state index in [0.29, 0.717) is 32.1 Å². The highest BCUT2D eigenvalue weighted by Gasteiger charge is 2.34. The molecule has 1 N–H and O–H groups in total. The van der Waals surface area contributed by atoms with Crippen LogP contribution in [0.1, 0.15) is 13.3 Å². The fourth-order valence-corrected chi connectivity index (χ4v) is 2.76. The van der Waals surface area contributed by atoms with Gasteiger partial charge in [0, 0.05) is 40.3 Å². The minimum absolute atomic E-state index is 0.0273. The van der Waals surface area contributed by atoms with Gasteiger partial charge in [0.1, 0.15) is 0 Å². The van der Waals surface area contributed by atoms with Gasteiger partial charge < -0.3 is 20.0 Å². The number of carbonyl (C=O) groups excluding carboxylic acids is 2. The van der Waals surface area contributed by atoms with Gasteiger partial charge in [-0.15, -0.1) is 0 Å². The zero-order valence-corrected chi connectivity index (χ0v) is 12.1. The van der Waals surface area contributed by atoms with Crippen molar-refractivity contribution in [1.29, 1.82) is 0 Å². The van der Waals surface area contributed by atoms with Crippen molar-refractivity contribution in [1.82, 2.24) is 20.0 Å². The molecule has 2 saturated heterocycles. The molecule has 2 heterocycles. The second-order valence-corrected chi connectivity index (χ2v) is 5.69. The van der Waals surface area contributed by atoms with Gasteiger partial charge in [0.05, 0.1) is 6.04 Å². The van der Waals surface area contributed by atoms with Crippen LogP contribution in [0, 0.1) is 5.92 Å². The van der Waals surface area contributed by atoms with E-state index in [0.717, 1.165) is 13.0 Å². The molecule has 0 aromatic rings. The van der Waals surface area contributed by atoms with Crippen molar-refractivity contribution in [3.05, 3.63) is 0 Å². The SMILES string of the molecule is CC1CCNC1C(=O)N1CCN(C(=O)N(C)C)CC1. The highest BCUT2D eigenvalue weighted by atomic mass is 16.2. The standard InChI is InChI=1S/C13H24N4O2/c1-10-4-5-14-11(10)12(18)16-6-8-17(9-7-16)13(19)15(2)3/h10-11,14H,4-9H2,1-3H3. The molecule has 0 spiro atoms. The Hall–Kier alpha value is -1.30. The normalized spacial score (nSPS) is 27.5. The van der Waals surface area contributed by atoms with E-state index in [1.807, 2.05) is 4.90 Å². The fourth-order valence-electron chi connectivity index (χ4n) is 2.76. The second kappa shape index (κ2) is 5.77. The van der Waals surface area contributed by atoms with Crippen LogP contribution in [0.3, 0.4) is 0 Å². The number of hydrogen-bond acceptors (Lipinski definition) is 3. The Morgan fingerprint density at radius 1 is 1.11 bits per heavy atom. The molecule has 6 nitrogen and oxygen atoms in total. The first-order chi connectivity index (χ1) is 9.00. The molecule has 2 aliphatic rings. The smallest absolute Gasteiger partial charge is 0.319 e. The Morgan fingerprint density at radius 3 is 2.16 bits per heavy atom. The molecule has 2 atom stereocenters. The summed E-state index contributed by atoms with van der Waals surface area (Å²) in [6.45, 7) is 5.59. The maximum Gasteiger partial charge on any atom is 0.319 e. The van der Waals surface area contributed by atoms with Crippen LogP contribution in [0.25, 0.3) is 0 Å². The second-order valence-electron chi connectivity index (χ2n) is 5.69. The summed E-state index contributed by atoms with van der Waals surface area (Å²) in [4.78, 5) is 29.5. The number of amides is 3. The molecule has 0 aromatic carbocycles. The molecule has 2 aliphatic heterocycles. The average molecular weight is 268 g/mol. The number of rotatable bonds is 1. The lowest BCUT2D eigenvalue weighted by Crippen LogP contribution is -2.56. The molecule has 6 heteroatoms. The van der Waals surface area contributed by atoms with Gasteiger partial charge in [-0.1, -0.05) is 6.92 Å². The van der Waals surface area contributed by atoms with E-state index < -0.39 is 0 Å². The van der Waals surface area contributed by atoms with Gasteiger partial charge in [-0.25, -0.2) is 4.79 Å². The lowest BCUT2D eigenvalue weighted by atomic mass is 10.0. The van der Waals surface area contributed by atoms with Crippen molar-refractivity contribution in [3.63, 3.8) is 0 Å². The Morgan fingerprint density at radius 2 is 1.68 bits per heavy atom. The first-order valence-corrected chi connectivity index (χ1v) is 6.99. The number of carbonyl (C=O) groups is 2. The summed E-state index contributed by atoms with van der Waals surface area (Å²) in [5, 5.41) is 3.28. The summed E-state index contributed by atoms with van der Waals surface area (Å²) in [7, 11) is 3.51. The average Bonchev–Trinajstić information content (AvgIpc) is 2.83. The fraction of sp³-hybridized carbons (Fsp3) is 0.846. The van der Waals surface area contributed by atoms with Crippen LogP contribution in [-0.2, 0) is 4.79 Å². The van der Waals surface area contributed by atoms with Gasteiger partial charge in [0.25, 0.3) is 0 Å². The summed E-state index contributed by atoms with van der Waals surface area (Å²) in [6.07, 6.45) is 1.06. The minimum atomic E-state index is -0.0314. The van der Waals surface area contributed by atoms with Crippen molar-refractivity contribution in [2.75, 3.05) is 46.8 Å². The maximum atomic E-state index is 12.4. The molecule has 2 rings (SSSR count). The van der Waals surface area contributed by atoms with E-state index in [1.165, 1.54) is 0 Å². The Labute approximate surface area is 114 Å². The van der Waals surface area contributed by atoms with E-state index >= 15 is 0 Å². The Kier molecular flexibility index (Phi) is 4.29. The van der Waals surface area contributed by atoms with Gasteiger partial charge >= 0.3 is 6.03 Å². The minimum Gasteiger partial charge on any atom is -0.338 e. The summed E-state index contributed by atoms with van der Waals surface area (Å²) < 4.78 is 0. The molecule has 2 unspecified atom stereocenters. The number of nitrogens with zero attached hydrogens (tertiary/aromatic N) is 3. The third-order valence-electron chi connectivity index (χ3n) is 4.04. The predicted octanol–water partition coefficient (Wildman–Crippen LogP) is -0.190. The topological polar surface area (TPSA) is 55.9 Å². The Balaban J connectivity index is 1.86. The molecular weight excluding hydrogens is 244 g/mol. The van der Waals surface area contributed by atoms with Gasteiger partial charge in [-0.3, -0.25) is 4.79 Å². The van der Waals surface area contributed by atoms with E-state index in [4.69, 9.17) is 0 Å². The molecule has 0 saturated carbocycles. The molecule has 0 aromatic heterocycles. The van der Waals surface area contributed by atoms with Gasteiger partial charge in [-0.2, -0.15) is 0 Å². The van der Waals surface area contributed by atoms with E-state index in [1.54, 1.807) is 23.9 Å². The van der Waals surface area contributed by atoms with Crippen molar-refractivity contribution < 1.29 is 9.59 Å². The third-order valence-corrected chi connectivity index (χ3v) is 4.04. The highest BCUT2D eigenvalue weighted by molar-refractivity contribution is 5.83. The van der Waals surface area contributed by atoms with Crippen LogP contribution in [0.15, 0.2) is 0 Å². The third kappa shape index (κ3) is 3.00. The van der Waals surface area contributed by atoms with Crippen LogP contribution in [-0.4, -0.2) is 79.5 Å². The molecule has 0 radical (unpaired) electrons. The number of nitrogens with one attached hydrogen (secondary N) is 1. The molecule has 0 aliphatic carbocycles. The van der Waals surface area contributed by atoms with Crippen molar-refractivity contribution in [2.45, 2.75) is 19.4 Å². The summed E-state index contributed by atoms with van der Waals surface area (Å²) in [6, 6.07) is -0.00411. The molecular formula is C13H24N4O2. The Bertz CT molecular complexity index is 351. The molecule has 3 amide bonds. The number of hydrogen-bond donors (Lipinski definition) is 1. The zero-order chi connectivity index (χ0) is 14.0. The van der Waals surface area contributed by atoms with Gasteiger partial charge in [-0.05, 0) is 18.9 Å². The largest absolute Gasteiger partial charge is 0.338 e. The van der Waals surface area contributed by atoms with Gasteiger partial charge in [0.15, 0.2) is 0 Å². The quantitative estimate of drug-likeness (QED) is 0.717. The monoisotopic (exact) mass is 268 g/mol. The molecule has 0 bridgehead atoms. The number of piperazine rings is 1. The zero-order valence-electron chi connectivity index (χ0n) is 12.1. The summed E-state index contributed by atoms with van der Waals surface area (Å²) in [5.41, 5.74) is 0. The lowest BCUT2D eigenvalue weighted by molar-refractivity contribution is -0.135. The first-order valence-electron chi connectivity index (χ1n) is 6.99. The summed E-state index contributed by atoms with van der Waals surface area (Å²) in [5.74, 6) is 0.607. The van der Waals surface area contributed by atoms with E-state index in [9.17, 15) is 9.59 Å². The van der Waals surface area contributed by atoms with Crippen LogP contribution in [0.5, 0.6) is 0 Å². The molecule has 19 heavy (non-hydrogen) atoms. The van der Waals surface area contributed by atoms with Crippen molar-refractivity contribution in [2.24, 2.45) is 5.92 Å². The van der Waals surface area contributed by atoms with E-state index in [2.05, 4.69) is 12.2 Å². The number of urea groups is 1. The van der Waals surface area contributed by atoms with Gasteiger partial charge in [0.2, 0.25) is 5.91 Å². The molecule has 108 valence electrons. The van der Waals surface area contributed by atoms with Crippen LogP contribution < -0.4 is 5.32 Å². The summed E-state index contributed by atoms with van der Waals surface area (Å²) >= 11 is 0. The van der Waals surface area contributed by atoms with Crippen molar-refractivity contribution >= 4 is 11.9 Å². The predicted molar refractivity (Wildman–Crippen MR) is 72.8 cm³/mol. The van der Waals surface area contributed by atoms with Crippen LogP contribution >= 0.6 is 0 Å². The maximum absolute atomic E-state index is 12.4. The lowest BCUT2D eigenvalue weighted by Gasteiger charge is -2.37. The first kappa shape index (κ1) is 14.1. The van der Waals surface area contributed by atoms with Crippen molar-refractivity contribution in [3.8, 4) is 0 Å². The van der Waals surface area contributed by atoms with Crippen LogP contribution in [0.4, 0.5) is 4.79 Å². The van der Waals surface area contributed by atoms with Crippen LogP contribution in [0.2, 0.25) is 0 Å². The highest BCUT2D eigenvalue weighted by Crippen LogP contribution is 2.17.